The van der Waals surface area contributed by atoms with E-state index in [1.807, 2.05) is 12.1 Å². The number of hydrogen-bond donors (Lipinski definition) is 2. The van der Waals surface area contributed by atoms with Crippen molar-refractivity contribution in [1.82, 2.24) is 15.3 Å². The average Bonchev–Trinajstić information content (AvgIpc) is 3.59. The lowest BCUT2D eigenvalue weighted by atomic mass is 9.69. The van der Waals surface area contributed by atoms with Crippen LogP contribution in [0.5, 0.6) is 0 Å². The van der Waals surface area contributed by atoms with Crippen molar-refractivity contribution in [3.63, 3.8) is 0 Å². The fraction of sp³-hybridized carbons (Fsp3) is 0.577. The summed E-state index contributed by atoms with van der Waals surface area (Å²) in [5, 5.41) is 7.26. The topological polar surface area (TPSA) is 56.3 Å². The molecule has 3 fully saturated rings. The van der Waals surface area contributed by atoms with Crippen LogP contribution in [-0.2, 0) is 5.41 Å². The van der Waals surface area contributed by atoms with Gasteiger partial charge in [0.15, 0.2) is 5.11 Å². The van der Waals surface area contributed by atoms with Crippen LogP contribution in [0.4, 0.5) is 22.0 Å². The molecular weight excluding hydrogens is 447 g/mol. The molecule has 0 bridgehead atoms. The highest BCUT2D eigenvalue weighted by Gasteiger charge is 2.34. The second-order valence-corrected chi connectivity index (χ2v) is 10.4. The smallest absolute Gasteiger partial charge is 0.232 e. The quantitative estimate of drug-likeness (QED) is 0.562. The number of benzene rings is 1. The molecule has 8 heteroatoms. The van der Waals surface area contributed by atoms with Gasteiger partial charge in [-0.3, -0.25) is 0 Å². The van der Waals surface area contributed by atoms with Gasteiger partial charge in [-0.25, -0.2) is 4.39 Å². The standard InChI is InChI=1S/C26H35FN6S/c27-21-10-8-20(9-11-21)26(12-2-1-3-13-26)19-28-25(34)31-24-29-22(32-14-4-5-15-32)18-23(30-24)33-16-6-7-17-33/h8-11,18H,1-7,12-17,19H2,(H2,28,29,30,31,34). The van der Waals surface area contributed by atoms with Crippen molar-refractivity contribution >= 4 is 34.9 Å². The fourth-order valence-electron chi connectivity index (χ4n) is 5.69. The molecule has 1 saturated carbocycles. The maximum absolute atomic E-state index is 13.6. The second-order valence-electron chi connectivity index (χ2n) is 9.95. The number of hydrogen-bond acceptors (Lipinski definition) is 5. The summed E-state index contributed by atoms with van der Waals surface area (Å²) in [7, 11) is 0. The van der Waals surface area contributed by atoms with Crippen LogP contribution in [0.2, 0.25) is 0 Å². The van der Waals surface area contributed by atoms with Gasteiger partial charge in [0.25, 0.3) is 0 Å². The molecule has 0 atom stereocenters. The van der Waals surface area contributed by atoms with Gasteiger partial charge in [0.1, 0.15) is 17.5 Å². The lowest BCUT2D eigenvalue weighted by Crippen LogP contribution is -2.43. The lowest BCUT2D eigenvalue weighted by molar-refractivity contribution is 0.292. The van der Waals surface area contributed by atoms with Gasteiger partial charge >= 0.3 is 0 Å². The molecule has 3 heterocycles. The maximum atomic E-state index is 13.6. The third kappa shape index (κ3) is 5.27. The molecule has 2 aliphatic heterocycles. The summed E-state index contributed by atoms with van der Waals surface area (Å²) in [6, 6.07) is 9.14. The molecule has 5 rings (SSSR count). The first-order valence-corrected chi connectivity index (χ1v) is 13.2. The predicted molar refractivity (Wildman–Crippen MR) is 140 cm³/mol. The molecule has 1 aliphatic carbocycles. The normalized spacial score (nSPS) is 19.9. The minimum absolute atomic E-state index is 0.0311. The highest BCUT2D eigenvalue weighted by molar-refractivity contribution is 7.80. The van der Waals surface area contributed by atoms with Gasteiger partial charge in [0.2, 0.25) is 5.95 Å². The zero-order valence-electron chi connectivity index (χ0n) is 19.9. The molecular formula is C26H35FN6S. The highest BCUT2D eigenvalue weighted by Crippen LogP contribution is 2.39. The van der Waals surface area contributed by atoms with Gasteiger partial charge < -0.3 is 20.4 Å². The Kier molecular flexibility index (Phi) is 7.13. The maximum Gasteiger partial charge on any atom is 0.232 e. The summed E-state index contributed by atoms with van der Waals surface area (Å²) in [4.78, 5) is 14.3. The number of nitrogens with zero attached hydrogens (tertiary/aromatic N) is 4. The molecule has 34 heavy (non-hydrogen) atoms. The zero-order chi connectivity index (χ0) is 23.4. The number of anilines is 3. The molecule has 6 nitrogen and oxygen atoms in total. The summed E-state index contributed by atoms with van der Waals surface area (Å²) in [6.45, 7) is 4.88. The third-order valence-electron chi connectivity index (χ3n) is 7.64. The second kappa shape index (κ2) is 10.4. The number of aromatic nitrogens is 2. The Hall–Kier alpha value is -2.48. The Labute approximate surface area is 207 Å². The van der Waals surface area contributed by atoms with Crippen molar-refractivity contribution in [3.8, 4) is 0 Å². The monoisotopic (exact) mass is 482 g/mol. The summed E-state index contributed by atoms with van der Waals surface area (Å²) in [6.07, 6.45) is 10.6. The van der Waals surface area contributed by atoms with E-state index in [9.17, 15) is 4.39 Å². The third-order valence-corrected chi connectivity index (χ3v) is 7.89. The summed E-state index contributed by atoms with van der Waals surface area (Å²) in [5.41, 5.74) is 1.16. The summed E-state index contributed by atoms with van der Waals surface area (Å²) >= 11 is 5.69. The molecule has 0 spiro atoms. The predicted octanol–water partition coefficient (Wildman–Crippen LogP) is 5.00. The zero-order valence-corrected chi connectivity index (χ0v) is 20.7. The minimum atomic E-state index is -0.191. The number of rotatable bonds is 6. The Bertz CT molecular complexity index is 945. The Balaban J connectivity index is 1.30. The van der Waals surface area contributed by atoms with Crippen LogP contribution in [0, 0.1) is 5.82 Å². The van der Waals surface area contributed by atoms with Crippen molar-refractivity contribution in [2.24, 2.45) is 0 Å². The molecule has 2 saturated heterocycles. The molecule has 0 amide bonds. The molecule has 182 valence electrons. The van der Waals surface area contributed by atoms with Crippen molar-refractivity contribution in [1.29, 1.82) is 0 Å². The average molecular weight is 483 g/mol. The Morgan fingerprint density at radius 3 is 1.97 bits per heavy atom. The fourth-order valence-corrected chi connectivity index (χ4v) is 5.85. The molecule has 1 aromatic heterocycles. The Morgan fingerprint density at radius 2 is 1.41 bits per heavy atom. The van der Waals surface area contributed by atoms with Gasteiger partial charge in [-0.15, -0.1) is 0 Å². The van der Waals surface area contributed by atoms with Crippen molar-refractivity contribution in [2.75, 3.05) is 47.8 Å². The van der Waals surface area contributed by atoms with E-state index in [-0.39, 0.29) is 11.2 Å². The van der Waals surface area contributed by atoms with E-state index in [1.54, 1.807) is 12.1 Å². The van der Waals surface area contributed by atoms with Crippen LogP contribution in [0.3, 0.4) is 0 Å². The van der Waals surface area contributed by atoms with E-state index in [0.29, 0.717) is 11.1 Å². The van der Waals surface area contributed by atoms with Crippen LogP contribution in [0.1, 0.15) is 63.4 Å². The van der Waals surface area contributed by atoms with E-state index in [1.165, 1.54) is 50.5 Å². The van der Waals surface area contributed by atoms with Crippen LogP contribution in [-0.4, -0.2) is 47.8 Å². The van der Waals surface area contributed by atoms with Crippen molar-refractivity contribution in [3.05, 3.63) is 41.7 Å². The van der Waals surface area contributed by atoms with E-state index >= 15 is 0 Å². The first-order chi connectivity index (χ1) is 16.6. The van der Waals surface area contributed by atoms with E-state index < -0.39 is 0 Å². The van der Waals surface area contributed by atoms with E-state index in [0.717, 1.165) is 57.2 Å². The minimum Gasteiger partial charge on any atom is -0.361 e. The summed E-state index contributed by atoms with van der Waals surface area (Å²) in [5.74, 6) is 2.33. The van der Waals surface area contributed by atoms with Crippen LogP contribution in [0.25, 0.3) is 0 Å². The van der Waals surface area contributed by atoms with E-state index in [4.69, 9.17) is 22.2 Å². The van der Waals surface area contributed by atoms with E-state index in [2.05, 4.69) is 26.5 Å². The number of halogens is 1. The number of nitrogens with one attached hydrogen (secondary N) is 2. The molecule has 2 N–H and O–H groups in total. The van der Waals surface area contributed by atoms with Gasteiger partial charge in [-0.2, -0.15) is 9.97 Å². The van der Waals surface area contributed by atoms with Gasteiger partial charge in [0, 0.05) is 44.2 Å². The molecule has 0 unspecified atom stereocenters. The molecule has 1 aromatic carbocycles. The highest BCUT2D eigenvalue weighted by atomic mass is 32.1. The van der Waals surface area contributed by atoms with Crippen molar-refractivity contribution < 1.29 is 4.39 Å². The van der Waals surface area contributed by atoms with Gasteiger partial charge in [-0.05, 0) is 68.4 Å². The van der Waals surface area contributed by atoms with Crippen LogP contribution in [0.15, 0.2) is 30.3 Å². The van der Waals surface area contributed by atoms with Crippen molar-refractivity contribution in [2.45, 2.75) is 63.2 Å². The SMILES string of the molecule is Fc1ccc(C2(CNC(=S)Nc3nc(N4CCCC4)cc(N4CCCC4)n3)CCCCC2)cc1. The summed E-state index contributed by atoms with van der Waals surface area (Å²) < 4.78 is 13.6. The lowest BCUT2D eigenvalue weighted by Gasteiger charge is -2.38. The molecule has 2 aromatic rings. The van der Waals surface area contributed by atoms with Crippen LogP contribution < -0.4 is 20.4 Å². The van der Waals surface area contributed by atoms with Crippen LogP contribution >= 0.6 is 12.2 Å². The largest absolute Gasteiger partial charge is 0.361 e. The Morgan fingerprint density at radius 1 is 0.853 bits per heavy atom. The van der Waals surface area contributed by atoms with Gasteiger partial charge in [-0.1, -0.05) is 31.4 Å². The molecule has 3 aliphatic rings. The first-order valence-electron chi connectivity index (χ1n) is 12.8. The first kappa shape index (κ1) is 23.3. The van der Waals surface area contributed by atoms with Gasteiger partial charge in [0.05, 0.1) is 0 Å². The molecule has 0 radical (unpaired) electrons. The number of thiocarbonyl (C=S) groups is 1.